The molecule has 0 aliphatic carbocycles. The minimum absolute atomic E-state index is 0.121. The third kappa shape index (κ3) is 13.9. The number of hydrogen-bond acceptors (Lipinski definition) is 11. The van der Waals surface area contributed by atoms with Crippen LogP contribution in [0.5, 0.6) is 0 Å². The van der Waals surface area contributed by atoms with Gasteiger partial charge in [-0.05, 0) is 44.5 Å². The third-order valence-corrected chi connectivity index (χ3v) is 12.2. The number of ether oxygens (including phenoxy) is 9. The Balaban J connectivity index is 0.000000184. The van der Waals surface area contributed by atoms with Gasteiger partial charge in [-0.15, -0.1) is 6.58 Å². The zero-order valence-electron chi connectivity index (χ0n) is 38.3. The summed E-state index contributed by atoms with van der Waals surface area (Å²) in [6.45, 7) is 7.40. The Morgan fingerprint density at radius 1 is 0.485 bits per heavy atom. The normalized spacial score (nSPS) is 24.4. The van der Waals surface area contributed by atoms with Gasteiger partial charge in [0.25, 0.3) is 0 Å². The summed E-state index contributed by atoms with van der Waals surface area (Å²) < 4.78 is 55.8. The fourth-order valence-electron chi connectivity index (χ4n) is 8.48. The summed E-state index contributed by atoms with van der Waals surface area (Å²) in [5, 5.41) is 22.0. The van der Waals surface area contributed by atoms with Crippen molar-refractivity contribution in [3.63, 3.8) is 0 Å². The van der Waals surface area contributed by atoms with Gasteiger partial charge in [0.05, 0.1) is 66.1 Å². The molecular formula is C57H62O11. The molecule has 6 aromatic carbocycles. The number of rotatable bonds is 14. The molecule has 2 bridgehead atoms. The molecule has 0 saturated carbocycles. The van der Waals surface area contributed by atoms with E-state index in [1.165, 1.54) is 0 Å². The first-order valence-electron chi connectivity index (χ1n) is 23.3. The van der Waals surface area contributed by atoms with Gasteiger partial charge in [0.1, 0.15) is 48.8 Å². The van der Waals surface area contributed by atoms with Gasteiger partial charge >= 0.3 is 0 Å². The van der Waals surface area contributed by atoms with Crippen molar-refractivity contribution in [3.8, 4) is 0 Å². The lowest BCUT2D eigenvalue weighted by molar-refractivity contribution is -0.318. The van der Waals surface area contributed by atoms with Gasteiger partial charge < -0.3 is 52.8 Å². The smallest absolute Gasteiger partial charge is 0.184 e. The van der Waals surface area contributed by atoms with Crippen LogP contribution in [0.25, 0.3) is 0 Å². The number of aliphatic hydroxyl groups is 2. The van der Waals surface area contributed by atoms with Crippen molar-refractivity contribution in [2.24, 2.45) is 0 Å². The van der Waals surface area contributed by atoms with E-state index in [2.05, 4.69) is 6.58 Å². The van der Waals surface area contributed by atoms with Crippen LogP contribution in [0.3, 0.4) is 0 Å². The molecule has 68 heavy (non-hydrogen) atoms. The molecule has 356 valence electrons. The molecule has 2 N–H and O–H groups in total. The van der Waals surface area contributed by atoms with Gasteiger partial charge in [0.15, 0.2) is 6.29 Å². The first-order valence-corrected chi connectivity index (χ1v) is 23.3. The molecule has 5 unspecified atom stereocenters. The topological polar surface area (TPSA) is 124 Å². The Hall–Kier alpha value is -5.38. The standard InChI is InChI=1S/C29H32O5.C28H30O6/c1-2-27(32-17-22-11-5-3-6-12-22)29-28(33-18-23-13-7-4-8-14-23)26(30)21-31-19-24-15-9-10-16-25(24)20-34-29;29-28-27(32-16-21-11-5-2-6-12-21)26-25(31-15-20-9-3-1-4-10-20)24(34-28)19-30-17-22-13-7-8-14-23(22)18-33-26/h2-16,26-30H,1,17-21H2;1-14,24-29H,15-19H2/t26?,27?,28-,29-;24?,25-,26+,27?,28?/m00/s1. The molecule has 0 aromatic heterocycles. The zero-order chi connectivity index (χ0) is 46.8. The SMILES string of the molecule is C=CC(OCc1ccccc1)[C@@H]1OCc2ccccc2COCC(O)[C@@H]1OCc1ccccc1.OC1OC2COCc3ccccc3CO[C@@H](C1OCc1ccccc1)[C@H]2OCc1ccccc1. The average Bonchev–Trinajstić information content (AvgIpc) is 3.38. The fraction of sp³-hybridized carbons (Fsp3) is 0.333. The van der Waals surface area contributed by atoms with Crippen LogP contribution < -0.4 is 0 Å². The van der Waals surface area contributed by atoms with E-state index in [-0.39, 0.29) is 13.2 Å². The van der Waals surface area contributed by atoms with E-state index in [1.54, 1.807) is 6.08 Å². The molecule has 0 radical (unpaired) electrons. The molecule has 3 heterocycles. The second-order valence-electron chi connectivity index (χ2n) is 17.0. The summed E-state index contributed by atoms with van der Waals surface area (Å²) in [6, 6.07) is 55.7. The Morgan fingerprint density at radius 3 is 1.40 bits per heavy atom. The lowest BCUT2D eigenvalue weighted by atomic mass is 9.97. The maximum Gasteiger partial charge on any atom is 0.184 e. The summed E-state index contributed by atoms with van der Waals surface area (Å²) in [4.78, 5) is 0. The second kappa shape index (κ2) is 25.8. The van der Waals surface area contributed by atoms with E-state index in [4.69, 9.17) is 42.6 Å². The van der Waals surface area contributed by atoms with Crippen molar-refractivity contribution >= 4 is 0 Å². The largest absolute Gasteiger partial charge is 0.388 e. The maximum absolute atomic E-state index is 11.1. The van der Waals surface area contributed by atoms with Crippen molar-refractivity contribution < 1.29 is 52.8 Å². The van der Waals surface area contributed by atoms with Crippen molar-refractivity contribution in [1.29, 1.82) is 0 Å². The van der Waals surface area contributed by atoms with Crippen LogP contribution in [-0.2, 0) is 95.5 Å². The van der Waals surface area contributed by atoms with Gasteiger partial charge in [0, 0.05) is 0 Å². The van der Waals surface area contributed by atoms with Gasteiger partial charge in [-0.3, -0.25) is 0 Å². The van der Waals surface area contributed by atoms with E-state index in [0.29, 0.717) is 52.9 Å². The number of benzene rings is 6. The summed E-state index contributed by atoms with van der Waals surface area (Å²) in [5.41, 5.74) is 8.31. The first-order chi connectivity index (χ1) is 33.5. The highest BCUT2D eigenvalue weighted by molar-refractivity contribution is 5.27. The van der Waals surface area contributed by atoms with Crippen LogP contribution >= 0.6 is 0 Å². The molecule has 11 nitrogen and oxygen atoms in total. The minimum atomic E-state index is -1.16. The van der Waals surface area contributed by atoms with E-state index in [9.17, 15) is 10.2 Å². The number of hydrogen-bond donors (Lipinski definition) is 2. The third-order valence-electron chi connectivity index (χ3n) is 12.2. The Labute approximate surface area is 399 Å². The monoisotopic (exact) mass is 922 g/mol. The zero-order valence-corrected chi connectivity index (χ0v) is 38.3. The highest BCUT2D eigenvalue weighted by atomic mass is 16.7. The molecule has 3 aliphatic rings. The molecule has 0 amide bonds. The predicted molar refractivity (Wildman–Crippen MR) is 257 cm³/mol. The van der Waals surface area contributed by atoms with Gasteiger partial charge in [-0.2, -0.15) is 0 Å². The van der Waals surface area contributed by atoms with Gasteiger partial charge in [0.2, 0.25) is 0 Å². The summed E-state index contributed by atoms with van der Waals surface area (Å²) >= 11 is 0. The first kappa shape index (κ1) is 49.1. The van der Waals surface area contributed by atoms with Crippen LogP contribution in [0.2, 0.25) is 0 Å². The number of aliphatic hydroxyl groups excluding tert-OH is 2. The van der Waals surface area contributed by atoms with Gasteiger partial charge in [-0.1, -0.05) is 176 Å². The maximum atomic E-state index is 11.1. The Kier molecular flexibility index (Phi) is 18.6. The molecule has 11 heteroatoms. The van der Waals surface area contributed by atoms with Crippen LogP contribution in [0.1, 0.15) is 44.5 Å². The van der Waals surface area contributed by atoms with Gasteiger partial charge in [-0.25, -0.2) is 0 Å². The molecule has 0 spiro atoms. The van der Waals surface area contributed by atoms with Crippen molar-refractivity contribution in [2.45, 2.75) is 108 Å². The summed E-state index contributed by atoms with van der Waals surface area (Å²) in [6.07, 6.45) is -4.34. The second-order valence-corrected chi connectivity index (χ2v) is 17.0. The van der Waals surface area contributed by atoms with Crippen molar-refractivity contribution in [3.05, 3.63) is 227 Å². The number of fused-ring (bicyclic) bond motifs is 4. The molecule has 3 aliphatic heterocycles. The molecule has 9 atom stereocenters. The quantitative estimate of drug-likeness (QED) is 0.102. The molecule has 1 saturated heterocycles. The average molecular weight is 923 g/mol. The fourth-order valence-corrected chi connectivity index (χ4v) is 8.48. The van der Waals surface area contributed by atoms with Crippen LogP contribution in [0.4, 0.5) is 0 Å². The highest BCUT2D eigenvalue weighted by Crippen LogP contribution is 2.31. The summed E-state index contributed by atoms with van der Waals surface area (Å²) in [5.74, 6) is 0. The lowest BCUT2D eigenvalue weighted by Crippen LogP contribution is -2.61. The molecule has 6 aromatic rings. The minimum Gasteiger partial charge on any atom is -0.388 e. The van der Waals surface area contributed by atoms with Crippen molar-refractivity contribution in [1.82, 2.24) is 0 Å². The Morgan fingerprint density at radius 2 is 0.897 bits per heavy atom. The van der Waals surface area contributed by atoms with E-state index < -0.39 is 55.1 Å². The molecule has 1 fully saturated rings. The van der Waals surface area contributed by atoms with Crippen LogP contribution in [-0.4, -0.2) is 78.5 Å². The molecular weight excluding hydrogens is 861 g/mol. The van der Waals surface area contributed by atoms with E-state index >= 15 is 0 Å². The van der Waals surface area contributed by atoms with Crippen molar-refractivity contribution in [2.75, 3.05) is 13.2 Å². The lowest BCUT2D eigenvalue weighted by Gasteiger charge is -2.44. The van der Waals surface area contributed by atoms with E-state index in [0.717, 1.165) is 44.5 Å². The summed E-state index contributed by atoms with van der Waals surface area (Å²) in [7, 11) is 0. The Bertz CT molecular complexity index is 2370. The van der Waals surface area contributed by atoms with Crippen LogP contribution in [0.15, 0.2) is 183 Å². The van der Waals surface area contributed by atoms with E-state index in [1.807, 2.05) is 170 Å². The van der Waals surface area contributed by atoms with Crippen LogP contribution in [0, 0.1) is 0 Å². The highest BCUT2D eigenvalue weighted by Gasteiger charge is 2.48. The molecule has 9 rings (SSSR count). The predicted octanol–water partition coefficient (Wildman–Crippen LogP) is 8.81.